The Bertz CT molecular complexity index is 1820. The summed E-state index contributed by atoms with van der Waals surface area (Å²) in [7, 11) is 0. The second-order valence-corrected chi connectivity index (χ2v) is 12.4. The molecular weight excluding hydrogens is 562 g/mol. The van der Waals surface area contributed by atoms with Crippen LogP contribution in [0.4, 0.5) is 16.2 Å². The predicted molar refractivity (Wildman–Crippen MR) is 182 cm³/mol. The van der Waals surface area contributed by atoms with Gasteiger partial charge in [-0.1, -0.05) is 53.7 Å². The largest absolute Gasteiger partial charge is 0.489 e. The monoisotopic (exact) mass is 603 g/mol. The first-order chi connectivity index (χ1) is 21.6. The summed E-state index contributed by atoms with van der Waals surface area (Å²) in [6.07, 6.45) is 5.15. The Kier molecular flexibility index (Phi) is 9.62. The van der Waals surface area contributed by atoms with Gasteiger partial charge in [-0.2, -0.15) is 0 Å². The third kappa shape index (κ3) is 7.40. The number of amides is 2. The molecule has 3 heterocycles. The summed E-state index contributed by atoms with van der Waals surface area (Å²) in [5, 5.41) is 4.00. The summed E-state index contributed by atoms with van der Waals surface area (Å²) < 4.78 is 6.10. The van der Waals surface area contributed by atoms with Crippen molar-refractivity contribution in [2.75, 3.05) is 16.8 Å². The molecule has 3 aromatic heterocycles. The van der Waals surface area contributed by atoms with Gasteiger partial charge in [0.05, 0.1) is 0 Å². The summed E-state index contributed by atoms with van der Waals surface area (Å²) in [5.74, 6) is 1.15. The number of fused-ring (bicyclic) bond motifs is 1. The van der Waals surface area contributed by atoms with Gasteiger partial charge in [0.2, 0.25) is 0 Å². The molecule has 8 heteroatoms. The van der Waals surface area contributed by atoms with E-state index in [4.69, 9.17) is 4.74 Å². The van der Waals surface area contributed by atoms with Crippen LogP contribution in [-0.4, -0.2) is 27.5 Å². The number of carbonyl (C=O) groups excluding carboxylic acids is 1. The molecule has 232 valence electrons. The Morgan fingerprint density at radius 3 is 2.24 bits per heavy atom. The minimum atomic E-state index is -0.355. The number of benzene rings is 2. The molecule has 2 N–H and O–H groups in total. The van der Waals surface area contributed by atoms with Gasteiger partial charge in [0.1, 0.15) is 23.7 Å². The molecule has 0 aliphatic heterocycles. The highest BCUT2D eigenvalue weighted by atomic mass is 16.5. The van der Waals surface area contributed by atoms with Crippen LogP contribution in [0.1, 0.15) is 70.1 Å². The molecule has 0 bridgehead atoms. The molecule has 2 aromatic carbocycles. The average molecular weight is 604 g/mol. The molecule has 0 aliphatic rings. The van der Waals surface area contributed by atoms with Crippen LogP contribution in [0.2, 0.25) is 0 Å². The molecule has 0 saturated carbocycles. The SMILES string of the molecule is CC(C)CN(C(=O)Nc1c(C(C)C)cc(-c2cccc(OCc3ccncc3)c2)cc1C(C)C)c1cc2cccnc2[nH]c1=O. The molecule has 0 saturated heterocycles. The predicted octanol–water partition coefficient (Wildman–Crippen LogP) is 8.51. The highest BCUT2D eigenvalue weighted by Gasteiger charge is 2.25. The molecule has 0 aliphatic carbocycles. The number of urea groups is 1. The van der Waals surface area contributed by atoms with Crippen LogP contribution in [0.3, 0.4) is 0 Å². The van der Waals surface area contributed by atoms with E-state index in [1.165, 1.54) is 0 Å². The Morgan fingerprint density at radius 1 is 0.867 bits per heavy atom. The van der Waals surface area contributed by atoms with Gasteiger partial charge >= 0.3 is 6.03 Å². The molecular formula is C37H41N5O3. The number of ether oxygens (including phenoxy) is 1. The van der Waals surface area contributed by atoms with Gasteiger partial charge in [0, 0.05) is 36.2 Å². The first-order valence-electron chi connectivity index (χ1n) is 15.5. The van der Waals surface area contributed by atoms with E-state index in [2.05, 4.69) is 66.2 Å². The van der Waals surface area contributed by atoms with E-state index < -0.39 is 0 Å². The van der Waals surface area contributed by atoms with E-state index in [0.29, 0.717) is 24.5 Å². The lowest BCUT2D eigenvalue weighted by molar-refractivity contribution is 0.256. The second-order valence-electron chi connectivity index (χ2n) is 12.4. The van der Waals surface area contributed by atoms with E-state index >= 15 is 0 Å². The van der Waals surface area contributed by atoms with Crippen LogP contribution in [-0.2, 0) is 6.61 Å². The van der Waals surface area contributed by atoms with Crippen molar-refractivity contribution in [3.05, 3.63) is 112 Å². The number of pyridine rings is 3. The van der Waals surface area contributed by atoms with Crippen LogP contribution in [0.5, 0.6) is 5.75 Å². The van der Waals surface area contributed by atoms with E-state index in [1.807, 2.05) is 56.3 Å². The van der Waals surface area contributed by atoms with Crippen LogP contribution in [0.15, 0.2) is 90.1 Å². The van der Waals surface area contributed by atoms with Gasteiger partial charge in [-0.3, -0.25) is 14.7 Å². The molecule has 45 heavy (non-hydrogen) atoms. The number of aromatic amines is 1. The van der Waals surface area contributed by atoms with Gasteiger partial charge in [-0.25, -0.2) is 9.78 Å². The smallest absolute Gasteiger partial charge is 0.326 e. The van der Waals surface area contributed by atoms with Crippen LogP contribution < -0.4 is 20.5 Å². The third-order valence-corrected chi connectivity index (χ3v) is 7.68. The standard InChI is InChI=1S/C37H41N5O3/c1-23(2)21-42(33-20-28-10-8-14-39-35(28)41-36(33)43)37(44)40-34-31(24(3)4)18-29(19-32(34)25(5)6)27-9-7-11-30(17-27)45-22-26-12-15-38-16-13-26/h7-20,23-25H,21-22H2,1-6H3,(H,40,44)(H,39,41,43). The number of aromatic nitrogens is 3. The molecule has 5 aromatic rings. The fraction of sp³-hybridized carbons (Fsp3) is 0.297. The maximum Gasteiger partial charge on any atom is 0.326 e. The normalized spacial score (nSPS) is 11.4. The summed E-state index contributed by atoms with van der Waals surface area (Å²) in [4.78, 5) is 40.0. The van der Waals surface area contributed by atoms with E-state index in [9.17, 15) is 9.59 Å². The summed E-state index contributed by atoms with van der Waals surface area (Å²) in [6, 6.07) is 21.3. The lowest BCUT2D eigenvalue weighted by Gasteiger charge is -2.28. The molecule has 0 radical (unpaired) electrons. The van der Waals surface area contributed by atoms with E-state index in [1.54, 1.807) is 29.6 Å². The van der Waals surface area contributed by atoms with Gasteiger partial charge < -0.3 is 15.0 Å². The molecule has 0 fully saturated rings. The maximum atomic E-state index is 14.1. The minimum Gasteiger partial charge on any atom is -0.489 e. The zero-order valence-electron chi connectivity index (χ0n) is 26.8. The summed E-state index contributed by atoms with van der Waals surface area (Å²) >= 11 is 0. The number of H-pyrrole nitrogens is 1. The fourth-order valence-electron chi connectivity index (χ4n) is 5.37. The van der Waals surface area contributed by atoms with Gasteiger partial charge in [0.25, 0.3) is 5.56 Å². The summed E-state index contributed by atoms with van der Waals surface area (Å²) in [5.41, 5.74) is 6.38. The highest BCUT2D eigenvalue weighted by Crippen LogP contribution is 2.38. The Hall–Kier alpha value is -4.98. The number of carbonyl (C=O) groups is 1. The van der Waals surface area contributed by atoms with Crippen molar-refractivity contribution in [2.45, 2.75) is 60.0 Å². The number of rotatable bonds is 10. The molecule has 0 spiro atoms. The maximum absolute atomic E-state index is 14.1. The topological polar surface area (TPSA) is 100 Å². The molecule has 8 nitrogen and oxygen atoms in total. The number of anilines is 2. The second kappa shape index (κ2) is 13.8. The van der Waals surface area contributed by atoms with Crippen molar-refractivity contribution in [1.82, 2.24) is 15.0 Å². The molecule has 5 rings (SSSR count). The van der Waals surface area contributed by atoms with Crippen molar-refractivity contribution in [1.29, 1.82) is 0 Å². The molecule has 2 amide bonds. The fourth-order valence-corrected chi connectivity index (χ4v) is 5.37. The van der Waals surface area contributed by atoms with Gasteiger partial charge in [0.15, 0.2) is 0 Å². The molecule has 0 unspecified atom stereocenters. The van der Waals surface area contributed by atoms with Gasteiger partial charge in [-0.15, -0.1) is 0 Å². The third-order valence-electron chi connectivity index (χ3n) is 7.68. The zero-order chi connectivity index (χ0) is 32.1. The Balaban J connectivity index is 1.51. The van der Waals surface area contributed by atoms with Crippen molar-refractivity contribution in [3.63, 3.8) is 0 Å². The van der Waals surface area contributed by atoms with Crippen molar-refractivity contribution >= 4 is 28.4 Å². The highest BCUT2D eigenvalue weighted by molar-refractivity contribution is 6.03. The van der Waals surface area contributed by atoms with Crippen molar-refractivity contribution < 1.29 is 9.53 Å². The Morgan fingerprint density at radius 2 is 1.58 bits per heavy atom. The number of hydrogen-bond donors (Lipinski definition) is 2. The number of hydrogen-bond acceptors (Lipinski definition) is 5. The lowest BCUT2D eigenvalue weighted by Crippen LogP contribution is -2.41. The zero-order valence-corrected chi connectivity index (χ0v) is 26.8. The molecule has 0 atom stereocenters. The van der Waals surface area contributed by atoms with E-state index in [-0.39, 0.29) is 29.3 Å². The summed E-state index contributed by atoms with van der Waals surface area (Å²) in [6.45, 7) is 13.4. The first-order valence-corrected chi connectivity index (χ1v) is 15.5. The van der Waals surface area contributed by atoms with Crippen LogP contribution in [0, 0.1) is 5.92 Å². The van der Waals surface area contributed by atoms with Crippen molar-refractivity contribution in [3.8, 4) is 16.9 Å². The lowest BCUT2D eigenvalue weighted by atomic mass is 9.88. The Labute approximate surface area is 264 Å². The first kappa shape index (κ1) is 31.4. The average Bonchev–Trinajstić information content (AvgIpc) is 3.02. The van der Waals surface area contributed by atoms with Gasteiger partial charge in [-0.05, 0) is 100 Å². The van der Waals surface area contributed by atoms with E-state index in [0.717, 1.165) is 44.6 Å². The number of nitrogens with one attached hydrogen (secondary N) is 2. The number of nitrogens with zero attached hydrogens (tertiary/aromatic N) is 3. The van der Waals surface area contributed by atoms with Crippen LogP contribution >= 0.6 is 0 Å². The minimum absolute atomic E-state index is 0.123. The van der Waals surface area contributed by atoms with Crippen molar-refractivity contribution in [2.24, 2.45) is 5.92 Å². The van der Waals surface area contributed by atoms with Crippen LogP contribution in [0.25, 0.3) is 22.2 Å². The quantitative estimate of drug-likeness (QED) is 0.167.